The van der Waals surface area contributed by atoms with E-state index in [1.165, 1.54) is 33.4 Å². The average molecular weight is 666 g/mol. The topological polar surface area (TPSA) is 29.5 Å². The number of para-hydroxylation sites is 2. The number of nitrogens with zero attached hydrogens (tertiary/aromatic N) is 1. The van der Waals surface area contributed by atoms with Gasteiger partial charge < -0.3 is 13.7 Å². The summed E-state index contributed by atoms with van der Waals surface area (Å²) in [7, 11) is 0. The van der Waals surface area contributed by atoms with Crippen molar-refractivity contribution in [3.63, 3.8) is 0 Å². The molecule has 10 aromatic rings. The molecule has 3 heteroatoms. The van der Waals surface area contributed by atoms with E-state index in [4.69, 9.17) is 8.83 Å². The van der Waals surface area contributed by atoms with Crippen LogP contribution < -0.4 is 4.90 Å². The van der Waals surface area contributed by atoms with Gasteiger partial charge in [-0.05, 0) is 94.0 Å². The predicted molar refractivity (Wildman–Crippen MR) is 213 cm³/mol. The molecule has 0 bridgehead atoms. The van der Waals surface area contributed by atoms with Crippen molar-refractivity contribution in [3.8, 4) is 11.1 Å². The van der Waals surface area contributed by atoms with E-state index in [1.54, 1.807) is 0 Å². The summed E-state index contributed by atoms with van der Waals surface area (Å²) in [5.41, 5.74) is 13.7. The Kier molecular flexibility index (Phi) is 6.17. The van der Waals surface area contributed by atoms with Crippen LogP contribution in [0.4, 0.5) is 17.1 Å². The molecule has 8 aromatic carbocycles. The average Bonchev–Trinajstić information content (AvgIpc) is 3.87. The fourth-order valence-corrected chi connectivity index (χ4v) is 8.73. The van der Waals surface area contributed by atoms with Crippen molar-refractivity contribution in [1.82, 2.24) is 0 Å². The molecule has 0 unspecified atom stereocenters. The Bertz CT molecular complexity index is 2820. The quantitative estimate of drug-likeness (QED) is 0.183. The highest BCUT2D eigenvalue weighted by atomic mass is 16.3. The number of hydrogen-bond donors (Lipinski definition) is 0. The van der Waals surface area contributed by atoms with Gasteiger partial charge in [0.15, 0.2) is 0 Å². The summed E-state index contributed by atoms with van der Waals surface area (Å²) in [5, 5.41) is 4.38. The second-order valence-electron chi connectivity index (χ2n) is 13.7. The number of benzene rings is 8. The SMILES string of the molecule is c1ccc(C2(c3ccccc3)c3ccccc3-c3ccc(N(c4ccc5oc6ccccc6c5c4)c4ccc5oc6ccccc6c5c4)cc32)cc1. The van der Waals surface area contributed by atoms with Crippen LogP contribution in [0.2, 0.25) is 0 Å². The summed E-state index contributed by atoms with van der Waals surface area (Å²) in [6.07, 6.45) is 0. The molecule has 244 valence electrons. The largest absolute Gasteiger partial charge is 0.456 e. The fraction of sp³-hybridized carbons (Fsp3) is 0.0204. The lowest BCUT2D eigenvalue weighted by molar-refractivity contribution is 0.668. The van der Waals surface area contributed by atoms with Crippen molar-refractivity contribution in [2.45, 2.75) is 5.41 Å². The smallest absolute Gasteiger partial charge is 0.135 e. The molecule has 0 aliphatic heterocycles. The maximum atomic E-state index is 6.28. The first-order chi connectivity index (χ1) is 25.8. The van der Waals surface area contributed by atoms with Gasteiger partial charge in [0, 0.05) is 38.6 Å². The molecule has 3 nitrogen and oxygen atoms in total. The van der Waals surface area contributed by atoms with E-state index in [9.17, 15) is 0 Å². The van der Waals surface area contributed by atoms with E-state index >= 15 is 0 Å². The summed E-state index contributed by atoms with van der Waals surface area (Å²) in [4.78, 5) is 2.38. The maximum Gasteiger partial charge on any atom is 0.135 e. The van der Waals surface area contributed by atoms with Crippen LogP contribution in [-0.4, -0.2) is 0 Å². The third-order valence-electron chi connectivity index (χ3n) is 10.9. The molecule has 1 aliphatic carbocycles. The lowest BCUT2D eigenvalue weighted by atomic mass is 9.67. The molecule has 52 heavy (non-hydrogen) atoms. The van der Waals surface area contributed by atoms with E-state index in [0.29, 0.717) is 0 Å². The van der Waals surface area contributed by atoms with Crippen LogP contribution >= 0.6 is 0 Å². The van der Waals surface area contributed by atoms with Crippen LogP contribution in [0.5, 0.6) is 0 Å². The summed E-state index contributed by atoms with van der Waals surface area (Å²) in [6.45, 7) is 0. The first kappa shape index (κ1) is 28.9. The number of fused-ring (bicyclic) bond motifs is 9. The number of hydrogen-bond acceptors (Lipinski definition) is 3. The molecule has 0 N–H and O–H groups in total. The zero-order chi connectivity index (χ0) is 34.2. The molecule has 2 heterocycles. The molecule has 0 saturated heterocycles. The molecule has 2 aromatic heterocycles. The molecular weight excluding hydrogens is 635 g/mol. The van der Waals surface area contributed by atoms with E-state index in [-0.39, 0.29) is 0 Å². The monoisotopic (exact) mass is 665 g/mol. The highest BCUT2D eigenvalue weighted by molar-refractivity contribution is 6.08. The van der Waals surface area contributed by atoms with Crippen LogP contribution in [0.1, 0.15) is 22.3 Å². The minimum absolute atomic E-state index is 0.508. The number of rotatable bonds is 5. The van der Waals surface area contributed by atoms with Crippen LogP contribution in [0.3, 0.4) is 0 Å². The first-order valence-electron chi connectivity index (χ1n) is 17.8. The van der Waals surface area contributed by atoms with Gasteiger partial charge in [0.05, 0.1) is 5.41 Å². The second-order valence-corrected chi connectivity index (χ2v) is 13.7. The van der Waals surface area contributed by atoms with Gasteiger partial charge in [0.1, 0.15) is 22.3 Å². The molecular formula is C49H31NO2. The van der Waals surface area contributed by atoms with E-state index in [0.717, 1.165) is 60.9 Å². The highest BCUT2D eigenvalue weighted by Gasteiger charge is 2.46. The lowest BCUT2D eigenvalue weighted by Gasteiger charge is -2.35. The standard InChI is InChI=1S/C49H31NO2/c1-3-13-32(14-4-1)49(33-15-5-2-6-16-33)43-20-10-7-17-37(43)38-26-23-36(31-44(38)49)50(34-24-27-47-41(29-34)39-18-8-11-21-45(39)51-47)35-25-28-48-42(30-35)40-19-9-12-22-46(40)52-48/h1-31H. The molecule has 0 saturated carbocycles. The minimum atomic E-state index is -0.508. The molecule has 0 amide bonds. The third-order valence-corrected chi connectivity index (χ3v) is 10.9. The zero-order valence-electron chi connectivity index (χ0n) is 28.2. The van der Waals surface area contributed by atoms with Crippen LogP contribution in [-0.2, 0) is 5.41 Å². The Morgan fingerprint density at radius 1 is 0.327 bits per heavy atom. The summed E-state index contributed by atoms with van der Waals surface area (Å²) in [5.74, 6) is 0. The molecule has 0 spiro atoms. The highest BCUT2D eigenvalue weighted by Crippen LogP contribution is 2.57. The van der Waals surface area contributed by atoms with Gasteiger partial charge in [-0.25, -0.2) is 0 Å². The van der Waals surface area contributed by atoms with E-state index in [2.05, 4.69) is 169 Å². The Labute approximate surface area is 300 Å². The van der Waals surface area contributed by atoms with Crippen molar-refractivity contribution in [2.75, 3.05) is 4.90 Å². The molecule has 0 atom stereocenters. The van der Waals surface area contributed by atoms with Gasteiger partial charge in [0.2, 0.25) is 0 Å². The zero-order valence-corrected chi connectivity index (χ0v) is 28.2. The third kappa shape index (κ3) is 4.08. The van der Waals surface area contributed by atoms with Crippen LogP contribution in [0, 0.1) is 0 Å². The van der Waals surface area contributed by atoms with Crippen molar-refractivity contribution < 1.29 is 8.83 Å². The number of furan rings is 2. The normalized spacial score (nSPS) is 13.2. The van der Waals surface area contributed by atoms with Gasteiger partial charge in [-0.15, -0.1) is 0 Å². The minimum Gasteiger partial charge on any atom is -0.456 e. The number of anilines is 3. The van der Waals surface area contributed by atoms with Crippen LogP contribution in [0.15, 0.2) is 197 Å². The van der Waals surface area contributed by atoms with Gasteiger partial charge in [-0.3, -0.25) is 0 Å². The summed E-state index contributed by atoms with van der Waals surface area (Å²) < 4.78 is 12.6. The Morgan fingerprint density at radius 3 is 1.37 bits per heavy atom. The van der Waals surface area contributed by atoms with Gasteiger partial charge in [-0.2, -0.15) is 0 Å². The molecule has 11 rings (SSSR count). The van der Waals surface area contributed by atoms with E-state index < -0.39 is 5.41 Å². The van der Waals surface area contributed by atoms with Crippen molar-refractivity contribution in [3.05, 3.63) is 210 Å². The Hall–Kier alpha value is -6.84. The van der Waals surface area contributed by atoms with Crippen molar-refractivity contribution in [1.29, 1.82) is 0 Å². The summed E-state index contributed by atoms with van der Waals surface area (Å²) in [6, 6.07) is 67.5. The van der Waals surface area contributed by atoms with Gasteiger partial charge in [0.25, 0.3) is 0 Å². The Balaban J connectivity index is 1.21. The van der Waals surface area contributed by atoms with E-state index in [1.807, 2.05) is 24.3 Å². The molecule has 0 fully saturated rings. The fourth-order valence-electron chi connectivity index (χ4n) is 8.73. The lowest BCUT2D eigenvalue weighted by Crippen LogP contribution is -2.28. The predicted octanol–water partition coefficient (Wildman–Crippen LogP) is 13.3. The molecule has 0 radical (unpaired) electrons. The van der Waals surface area contributed by atoms with Crippen molar-refractivity contribution >= 4 is 60.9 Å². The second kappa shape index (κ2) is 11.1. The van der Waals surface area contributed by atoms with Crippen LogP contribution in [0.25, 0.3) is 55.0 Å². The molecule has 1 aliphatic rings. The first-order valence-corrected chi connectivity index (χ1v) is 17.8. The van der Waals surface area contributed by atoms with Crippen molar-refractivity contribution in [2.24, 2.45) is 0 Å². The summed E-state index contributed by atoms with van der Waals surface area (Å²) >= 11 is 0. The van der Waals surface area contributed by atoms with Gasteiger partial charge >= 0.3 is 0 Å². The Morgan fingerprint density at radius 2 is 0.769 bits per heavy atom. The van der Waals surface area contributed by atoms with Gasteiger partial charge in [-0.1, -0.05) is 127 Å². The maximum absolute atomic E-state index is 6.28.